The molecular formula is C15H21NO3. The fraction of sp³-hybridized carbons (Fsp3) is 0.533. The minimum atomic E-state index is -0.834. The summed E-state index contributed by atoms with van der Waals surface area (Å²) in [4.78, 5) is 21.6. The van der Waals surface area contributed by atoms with Gasteiger partial charge in [0.1, 0.15) is 0 Å². The number of unbranched alkanes of at least 4 members (excludes halogenated alkanes) is 3. The van der Waals surface area contributed by atoms with Crippen LogP contribution in [0.2, 0.25) is 0 Å². The molecule has 1 rings (SSSR count). The molecule has 19 heavy (non-hydrogen) atoms. The molecule has 1 aromatic rings. The molecule has 0 aliphatic carbocycles. The second kappa shape index (κ2) is 9.25. The SMILES string of the molecule is COC(=O)C(CCCCCCc1ccccc1)N=O. The molecule has 4 nitrogen and oxygen atoms in total. The number of ether oxygens (including phenoxy) is 1. The van der Waals surface area contributed by atoms with Crippen molar-refractivity contribution in [2.24, 2.45) is 5.18 Å². The van der Waals surface area contributed by atoms with E-state index >= 15 is 0 Å². The van der Waals surface area contributed by atoms with Crippen LogP contribution in [0.15, 0.2) is 35.5 Å². The van der Waals surface area contributed by atoms with Crippen LogP contribution in [-0.2, 0) is 16.0 Å². The van der Waals surface area contributed by atoms with Gasteiger partial charge < -0.3 is 4.74 Å². The van der Waals surface area contributed by atoms with Crippen molar-refractivity contribution in [2.45, 2.75) is 44.6 Å². The van der Waals surface area contributed by atoms with E-state index in [2.05, 4.69) is 22.0 Å². The van der Waals surface area contributed by atoms with Crippen molar-refractivity contribution in [3.05, 3.63) is 40.8 Å². The van der Waals surface area contributed by atoms with Gasteiger partial charge in [0.2, 0.25) is 0 Å². The van der Waals surface area contributed by atoms with Crippen molar-refractivity contribution in [3.63, 3.8) is 0 Å². The standard InChI is InChI=1S/C15H21NO3/c1-19-15(17)14(16-18)12-8-3-2-5-9-13-10-6-4-7-11-13/h4,6-7,10-11,14H,2-3,5,8-9,12H2,1H3. The van der Waals surface area contributed by atoms with Gasteiger partial charge in [-0.05, 0) is 24.8 Å². The van der Waals surface area contributed by atoms with E-state index in [1.54, 1.807) is 0 Å². The van der Waals surface area contributed by atoms with E-state index in [0.29, 0.717) is 6.42 Å². The smallest absolute Gasteiger partial charge is 0.334 e. The van der Waals surface area contributed by atoms with Crippen molar-refractivity contribution in [1.82, 2.24) is 0 Å². The molecule has 0 saturated carbocycles. The van der Waals surface area contributed by atoms with Gasteiger partial charge in [0.05, 0.1) is 7.11 Å². The zero-order chi connectivity index (χ0) is 13.9. The molecule has 4 heteroatoms. The number of carbonyl (C=O) groups is 1. The third-order valence-electron chi connectivity index (χ3n) is 3.14. The number of hydrogen-bond acceptors (Lipinski definition) is 4. The normalized spacial score (nSPS) is 11.8. The van der Waals surface area contributed by atoms with Crippen LogP contribution in [0.3, 0.4) is 0 Å². The Hall–Kier alpha value is -1.71. The van der Waals surface area contributed by atoms with Gasteiger partial charge in [-0.3, -0.25) is 0 Å². The van der Waals surface area contributed by atoms with Gasteiger partial charge in [0, 0.05) is 0 Å². The quantitative estimate of drug-likeness (QED) is 0.389. The fourth-order valence-corrected chi connectivity index (χ4v) is 2.01. The number of methoxy groups -OCH3 is 1. The molecule has 0 bridgehead atoms. The van der Waals surface area contributed by atoms with Gasteiger partial charge in [-0.1, -0.05) is 54.8 Å². The highest BCUT2D eigenvalue weighted by atomic mass is 16.5. The number of esters is 1. The molecule has 0 aromatic heterocycles. The molecule has 0 radical (unpaired) electrons. The Morgan fingerprint density at radius 1 is 1.16 bits per heavy atom. The minimum absolute atomic E-state index is 0.488. The first-order chi connectivity index (χ1) is 9.27. The maximum Gasteiger partial charge on any atom is 0.334 e. The average molecular weight is 263 g/mol. The summed E-state index contributed by atoms with van der Waals surface area (Å²) in [7, 11) is 1.28. The number of carbonyl (C=O) groups excluding carboxylic acids is 1. The van der Waals surface area contributed by atoms with Crippen LogP contribution in [-0.4, -0.2) is 19.1 Å². The first kappa shape index (κ1) is 15.3. The molecule has 1 aromatic carbocycles. The van der Waals surface area contributed by atoms with Crippen LogP contribution >= 0.6 is 0 Å². The highest BCUT2D eigenvalue weighted by Gasteiger charge is 2.18. The van der Waals surface area contributed by atoms with E-state index in [-0.39, 0.29) is 0 Å². The van der Waals surface area contributed by atoms with Crippen LogP contribution in [0.1, 0.15) is 37.7 Å². The summed E-state index contributed by atoms with van der Waals surface area (Å²) in [5, 5.41) is 2.80. The van der Waals surface area contributed by atoms with E-state index in [9.17, 15) is 9.70 Å². The molecule has 1 unspecified atom stereocenters. The summed E-state index contributed by atoms with van der Waals surface area (Å²) in [6.45, 7) is 0. The lowest BCUT2D eigenvalue weighted by atomic mass is 10.0. The first-order valence-corrected chi connectivity index (χ1v) is 6.72. The van der Waals surface area contributed by atoms with Crippen molar-refractivity contribution >= 4 is 5.97 Å². The maximum atomic E-state index is 11.1. The van der Waals surface area contributed by atoms with E-state index in [1.165, 1.54) is 12.7 Å². The first-order valence-electron chi connectivity index (χ1n) is 6.72. The Balaban J connectivity index is 2.08. The summed E-state index contributed by atoms with van der Waals surface area (Å²) in [6.07, 6.45) is 5.63. The second-order valence-electron chi connectivity index (χ2n) is 4.58. The molecule has 0 aliphatic rings. The maximum absolute atomic E-state index is 11.1. The Morgan fingerprint density at radius 2 is 1.84 bits per heavy atom. The topological polar surface area (TPSA) is 55.7 Å². The van der Waals surface area contributed by atoms with E-state index in [4.69, 9.17) is 0 Å². The van der Waals surface area contributed by atoms with Crippen LogP contribution in [0.5, 0.6) is 0 Å². The van der Waals surface area contributed by atoms with Crippen molar-refractivity contribution in [1.29, 1.82) is 0 Å². The number of hydrogen-bond donors (Lipinski definition) is 0. The summed E-state index contributed by atoms with van der Waals surface area (Å²) in [5.74, 6) is -0.528. The van der Waals surface area contributed by atoms with Crippen molar-refractivity contribution in [2.75, 3.05) is 7.11 Å². The molecule has 0 N–H and O–H groups in total. The third kappa shape index (κ3) is 6.13. The van der Waals surface area contributed by atoms with Gasteiger partial charge in [-0.25, -0.2) is 4.79 Å². The minimum Gasteiger partial charge on any atom is -0.467 e. The van der Waals surface area contributed by atoms with Gasteiger partial charge in [0.15, 0.2) is 6.04 Å². The largest absolute Gasteiger partial charge is 0.467 e. The van der Waals surface area contributed by atoms with Gasteiger partial charge in [-0.2, -0.15) is 0 Å². The lowest BCUT2D eigenvalue weighted by molar-refractivity contribution is -0.142. The Labute approximate surface area is 114 Å². The van der Waals surface area contributed by atoms with Crippen molar-refractivity contribution < 1.29 is 9.53 Å². The van der Waals surface area contributed by atoms with Crippen molar-refractivity contribution in [3.8, 4) is 0 Å². The van der Waals surface area contributed by atoms with Gasteiger partial charge in [-0.15, -0.1) is 4.91 Å². The summed E-state index contributed by atoms with van der Waals surface area (Å²) in [6, 6.07) is 9.54. The number of nitroso groups, excluding NO2 is 1. The summed E-state index contributed by atoms with van der Waals surface area (Å²) in [5.41, 5.74) is 1.35. The van der Waals surface area contributed by atoms with Crippen LogP contribution < -0.4 is 0 Å². The predicted molar refractivity (Wildman–Crippen MR) is 74.8 cm³/mol. The van der Waals surface area contributed by atoms with E-state index < -0.39 is 12.0 Å². The summed E-state index contributed by atoms with van der Waals surface area (Å²) >= 11 is 0. The fourth-order valence-electron chi connectivity index (χ4n) is 2.01. The van der Waals surface area contributed by atoms with Gasteiger partial charge >= 0.3 is 5.97 Å². The Morgan fingerprint density at radius 3 is 2.47 bits per heavy atom. The second-order valence-corrected chi connectivity index (χ2v) is 4.58. The zero-order valence-corrected chi connectivity index (χ0v) is 11.4. The Bertz CT molecular complexity index is 378. The third-order valence-corrected chi connectivity index (χ3v) is 3.14. The summed E-state index contributed by atoms with van der Waals surface area (Å²) < 4.78 is 4.51. The van der Waals surface area contributed by atoms with Gasteiger partial charge in [0.25, 0.3) is 0 Å². The molecule has 0 aliphatic heterocycles. The average Bonchev–Trinajstić information content (AvgIpc) is 2.47. The number of aryl methyl sites for hydroxylation is 1. The lowest BCUT2D eigenvalue weighted by Crippen LogP contribution is -2.19. The monoisotopic (exact) mass is 263 g/mol. The number of benzene rings is 1. The number of nitrogens with zero attached hydrogens (tertiary/aromatic N) is 1. The van der Waals surface area contributed by atoms with Crippen LogP contribution in [0.4, 0.5) is 0 Å². The molecule has 0 fully saturated rings. The van der Waals surface area contributed by atoms with Crippen LogP contribution in [0, 0.1) is 4.91 Å². The molecule has 1 atom stereocenters. The van der Waals surface area contributed by atoms with E-state index in [1.807, 2.05) is 18.2 Å². The highest BCUT2D eigenvalue weighted by molar-refractivity contribution is 5.75. The molecule has 0 amide bonds. The molecule has 0 heterocycles. The zero-order valence-electron chi connectivity index (χ0n) is 11.4. The Kier molecular flexibility index (Phi) is 7.47. The van der Waals surface area contributed by atoms with E-state index in [0.717, 1.165) is 32.1 Å². The predicted octanol–water partition coefficient (Wildman–Crippen LogP) is 3.49. The lowest BCUT2D eigenvalue weighted by Gasteiger charge is -2.06. The number of rotatable bonds is 9. The highest BCUT2D eigenvalue weighted by Crippen LogP contribution is 2.11. The molecule has 104 valence electrons. The molecule has 0 spiro atoms. The van der Waals surface area contributed by atoms with Crippen LogP contribution in [0.25, 0.3) is 0 Å². The molecule has 0 saturated heterocycles. The molecular weight excluding hydrogens is 242 g/mol.